The molecule has 1 N–H and O–H groups in total. The third-order valence-electron chi connectivity index (χ3n) is 4.96. The Kier molecular flexibility index (Phi) is 6.98. The van der Waals surface area contributed by atoms with Gasteiger partial charge in [-0.3, -0.25) is 14.5 Å². The molecule has 1 heterocycles. The molecule has 0 bridgehead atoms. The molecule has 0 radical (unpaired) electrons. The molecule has 2 amide bonds. The number of nitrogens with one attached hydrogen (secondary N) is 1. The fraction of sp³-hybridized carbons (Fsp3) is 0.304. The third-order valence-corrected chi connectivity index (χ3v) is 4.96. The van der Waals surface area contributed by atoms with Crippen molar-refractivity contribution in [2.75, 3.05) is 36.4 Å². The van der Waals surface area contributed by atoms with Crippen molar-refractivity contribution in [2.24, 2.45) is 5.92 Å². The summed E-state index contributed by atoms with van der Waals surface area (Å²) in [5.41, 5.74) is 1.67. The first-order valence-corrected chi connectivity index (χ1v) is 9.72. The van der Waals surface area contributed by atoms with E-state index in [2.05, 4.69) is 16.8 Å². The molecule has 2 aromatic rings. The van der Waals surface area contributed by atoms with E-state index in [0.29, 0.717) is 19.6 Å². The molecule has 5 nitrogen and oxygen atoms in total. The van der Waals surface area contributed by atoms with E-state index in [1.165, 1.54) is 0 Å². The molecule has 1 saturated heterocycles. The third kappa shape index (κ3) is 5.30. The van der Waals surface area contributed by atoms with Gasteiger partial charge in [0.2, 0.25) is 11.8 Å². The standard InChI is InChI=1S/C23H27N3O2/c1-2-15-26(21-13-7-4-8-14-21)22(27)18-25-16-9-10-19(17-25)23(28)24-20-11-5-3-6-12-20/h2-8,11-14,19H,1,9-10,15-18H2,(H,24,28)/t19-/m1/s1. The first kappa shape index (κ1) is 19.8. The summed E-state index contributed by atoms with van der Waals surface area (Å²) < 4.78 is 0. The number of likely N-dealkylation sites (tertiary alicyclic amines) is 1. The predicted octanol–water partition coefficient (Wildman–Crippen LogP) is 3.56. The summed E-state index contributed by atoms with van der Waals surface area (Å²) in [6.07, 6.45) is 3.49. The Balaban J connectivity index is 1.59. The number of carbonyl (C=O) groups excluding carboxylic acids is 2. The zero-order valence-electron chi connectivity index (χ0n) is 16.1. The van der Waals surface area contributed by atoms with Crippen molar-refractivity contribution in [3.63, 3.8) is 0 Å². The summed E-state index contributed by atoms with van der Waals surface area (Å²) in [6, 6.07) is 19.1. The zero-order chi connectivity index (χ0) is 19.8. The van der Waals surface area contributed by atoms with Crippen LogP contribution in [0.25, 0.3) is 0 Å². The lowest BCUT2D eigenvalue weighted by atomic mass is 9.97. The van der Waals surface area contributed by atoms with E-state index in [9.17, 15) is 9.59 Å². The number of hydrogen-bond acceptors (Lipinski definition) is 3. The largest absolute Gasteiger partial charge is 0.326 e. The first-order valence-electron chi connectivity index (χ1n) is 9.72. The van der Waals surface area contributed by atoms with Gasteiger partial charge in [0.05, 0.1) is 12.5 Å². The van der Waals surface area contributed by atoms with E-state index < -0.39 is 0 Å². The van der Waals surface area contributed by atoms with Crippen LogP contribution in [0.1, 0.15) is 12.8 Å². The van der Waals surface area contributed by atoms with Crippen molar-refractivity contribution in [1.29, 1.82) is 0 Å². The van der Waals surface area contributed by atoms with E-state index in [1.54, 1.807) is 11.0 Å². The summed E-state index contributed by atoms with van der Waals surface area (Å²) >= 11 is 0. The second-order valence-electron chi connectivity index (χ2n) is 7.06. The molecule has 1 fully saturated rings. The lowest BCUT2D eigenvalue weighted by Crippen LogP contribution is -2.46. The number of nitrogens with zero attached hydrogens (tertiary/aromatic N) is 2. The minimum absolute atomic E-state index is 0.0226. The van der Waals surface area contributed by atoms with Crippen molar-refractivity contribution < 1.29 is 9.59 Å². The van der Waals surface area contributed by atoms with Crippen molar-refractivity contribution in [3.8, 4) is 0 Å². The Labute approximate surface area is 166 Å². The number of para-hydroxylation sites is 2. The molecule has 0 unspecified atom stereocenters. The molecule has 146 valence electrons. The van der Waals surface area contributed by atoms with Crippen LogP contribution in [0.5, 0.6) is 0 Å². The number of carbonyl (C=O) groups is 2. The van der Waals surface area contributed by atoms with Crippen LogP contribution >= 0.6 is 0 Å². The van der Waals surface area contributed by atoms with Crippen molar-refractivity contribution in [3.05, 3.63) is 73.3 Å². The molecule has 2 aromatic carbocycles. The maximum Gasteiger partial charge on any atom is 0.241 e. The Morgan fingerprint density at radius 1 is 1.11 bits per heavy atom. The number of benzene rings is 2. The van der Waals surface area contributed by atoms with Gasteiger partial charge >= 0.3 is 0 Å². The summed E-state index contributed by atoms with van der Waals surface area (Å²) in [5, 5.41) is 2.98. The monoisotopic (exact) mass is 377 g/mol. The number of rotatable bonds is 7. The van der Waals surface area contributed by atoms with Crippen molar-refractivity contribution in [1.82, 2.24) is 4.90 Å². The Bertz CT molecular complexity index is 792. The smallest absolute Gasteiger partial charge is 0.241 e. The SMILES string of the molecule is C=CCN(C(=O)CN1CCC[C@@H](C(=O)Nc2ccccc2)C1)c1ccccc1. The van der Waals surface area contributed by atoms with Gasteiger partial charge in [-0.15, -0.1) is 6.58 Å². The molecule has 28 heavy (non-hydrogen) atoms. The van der Waals surface area contributed by atoms with Crippen LogP contribution in [0.4, 0.5) is 11.4 Å². The molecule has 3 rings (SSSR count). The normalized spacial score (nSPS) is 16.9. The molecule has 5 heteroatoms. The lowest BCUT2D eigenvalue weighted by molar-refractivity contribution is -0.124. The van der Waals surface area contributed by atoms with Gasteiger partial charge in [-0.2, -0.15) is 0 Å². The van der Waals surface area contributed by atoms with E-state index in [1.807, 2.05) is 60.7 Å². The highest BCUT2D eigenvalue weighted by Crippen LogP contribution is 2.20. The van der Waals surface area contributed by atoms with Crippen LogP contribution in [0, 0.1) is 5.92 Å². The van der Waals surface area contributed by atoms with Crippen LogP contribution in [0.3, 0.4) is 0 Å². The van der Waals surface area contributed by atoms with E-state index >= 15 is 0 Å². The van der Waals surface area contributed by atoms with Gasteiger partial charge < -0.3 is 10.2 Å². The van der Waals surface area contributed by atoms with Crippen molar-refractivity contribution in [2.45, 2.75) is 12.8 Å². The van der Waals surface area contributed by atoms with Crippen molar-refractivity contribution >= 4 is 23.2 Å². The molecular weight excluding hydrogens is 350 g/mol. The maximum atomic E-state index is 12.9. The first-order chi connectivity index (χ1) is 13.7. The van der Waals surface area contributed by atoms with E-state index in [4.69, 9.17) is 0 Å². The van der Waals surface area contributed by atoms with Gasteiger partial charge in [0.15, 0.2) is 0 Å². The van der Waals surface area contributed by atoms with E-state index in [0.717, 1.165) is 30.8 Å². The van der Waals surface area contributed by atoms with Gasteiger partial charge in [-0.25, -0.2) is 0 Å². The molecule has 0 aromatic heterocycles. The highest BCUT2D eigenvalue weighted by Gasteiger charge is 2.28. The number of piperidine rings is 1. The summed E-state index contributed by atoms with van der Waals surface area (Å²) in [6.45, 7) is 5.97. The van der Waals surface area contributed by atoms with Crippen LogP contribution in [0.2, 0.25) is 0 Å². The molecule has 0 aliphatic carbocycles. The van der Waals surface area contributed by atoms with Gasteiger partial charge in [0.1, 0.15) is 0 Å². The molecular formula is C23H27N3O2. The fourth-order valence-corrected chi connectivity index (χ4v) is 3.54. The van der Waals surface area contributed by atoms with Gasteiger partial charge in [-0.05, 0) is 43.7 Å². The van der Waals surface area contributed by atoms with Crippen LogP contribution in [0.15, 0.2) is 73.3 Å². The Morgan fingerprint density at radius 2 is 1.79 bits per heavy atom. The average Bonchev–Trinajstić information content (AvgIpc) is 2.73. The molecule has 0 saturated carbocycles. The second-order valence-corrected chi connectivity index (χ2v) is 7.06. The number of hydrogen-bond donors (Lipinski definition) is 1. The van der Waals surface area contributed by atoms with Crippen LogP contribution in [-0.2, 0) is 9.59 Å². The van der Waals surface area contributed by atoms with Gasteiger partial charge in [0.25, 0.3) is 0 Å². The van der Waals surface area contributed by atoms with Crippen LogP contribution < -0.4 is 10.2 Å². The number of amides is 2. The summed E-state index contributed by atoms with van der Waals surface area (Å²) in [4.78, 5) is 29.3. The predicted molar refractivity (Wildman–Crippen MR) is 113 cm³/mol. The summed E-state index contributed by atoms with van der Waals surface area (Å²) in [7, 11) is 0. The van der Waals surface area contributed by atoms with Crippen LogP contribution in [-0.4, -0.2) is 42.9 Å². The fourth-order valence-electron chi connectivity index (χ4n) is 3.54. The van der Waals surface area contributed by atoms with Gasteiger partial charge in [0, 0.05) is 24.5 Å². The maximum absolute atomic E-state index is 12.9. The quantitative estimate of drug-likeness (QED) is 0.751. The minimum atomic E-state index is -0.105. The molecule has 1 aliphatic heterocycles. The topological polar surface area (TPSA) is 52.7 Å². The zero-order valence-corrected chi connectivity index (χ0v) is 16.1. The minimum Gasteiger partial charge on any atom is -0.326 e. The van der Waals surface area contributed by atoms with E-state index in [-0.39, 0.29) is 17.7 Å². The van der Waals surface area contributed by atoms with Gasteiger partial charge in [-0.1, -0.05) is 42.5 Å². The average molecular weight is 377 g/mol. The lowest BCUT2D eigenvalue weighted by Gasteiger charge is -2.33. The number of anilines is 2. The highest BCUT2D eigenvalue weighted by atomic mass is 16.2. The Morgan fingerprint density at radius 3 is 2.46 bits per heavy atom. The molecule has 0 spiro atoms. The highest BCUT2D eigenvalue weighted by molar-refractivity contribution is 5.95. The second kappa shape index (κ2) is 9.85. The Hall–Kier alpha value is -2.92. The summed E-state index contributed by atoms with van der Waals surface area (Å²) in [5.74, 6) is -0.0593. The molecule has 1 atom stereocenters. The molecule has 1 aliphatic rings.